The highest BCUT2D eigenvalue weighted by molar-refractivity contribution is 5.92. The minimum absolute atomic E-state index is 0.107. The summed E-state index contributed by atoms with van der Waals surface area (Å²) in [7, 11) is 0. The summed E-state index contributed by atoms with van der Waals surface area (Å²) in [6.07, 6.45) is 0. The van der Waals surface area contributed by atoms with Gasteiger partial charge in [-0.15, -0.1) is 0 Å². The summed E-state index contributed by atoms with van der Waals surface area (Å²) < 4.78 is 7.32. The van der Waals surface area contributed by atoms with Crippen LogP contribution in [0.15, 0.2) is 60.7 Å². The average molecular weight is 405 g/mol. The smallest absolute Gasteiger partial charge is 0.271 e. The number of benzene rings is 2. The molecule has 2 heterocycles. The zero-order valence-electron chi connectivity index (χ0n) is 17.5. The number of nitrogens with zero attached hydrogens (tertiary/aromatic N) is 3. The number of ether oxygens (including phenoxy) is 1. The maximum Gasteiger partial charge on any atom is 0.271 e. The van der Waals surface area contributed by atoms with Gasteiger partial charge >= 0.3 is 0 Å². The molecule has 3 aromatic rings. The van der Waals surface area contributed by atoms with Crippen molar-refractivity contribution in [1.29, 1.82) is 0 Å². The third-order valence-electron chi connectivity index (χ3n) is 5.49. The lowest BCUT2D eigenvalue weighted by atomic mass is 10.0. The van der Waals surface area contributed by atoms with Gasteiger partial charge < -0.3 is 10.1 Å². The standard InChI is InChI=1S/C24H28N4O2/c1-18-7-6-8-20(15-18)23(27-11-13-30-14-12-27)17-25-24(29)22-16-19(2)28(26-22)21-9-4-3-5-10-21/h3-10,15-16,23H,11-14,17H2,1-2H3,(H,25,29). The van der Waals surface area contributed by atoms with Crippen LogP contribution in [0.3, 0.4) is 0 Å². The lowest BCUT2D eigenvalue weighted by molar-refractivity contribution is 0.0162. The lowest BCUT2D eigenvalue weighted by Crippen LogP contribution is -2.43. The molecule has 30 heavy (non-hydrogen) atoms. The van der Waals surface area contributed by atoms with Crippen LogP contribution in [-0.2, 0) is 4.74 Å². The van der Waals surface area contributed by atoms with E-state index in [4.69, 9.17) is 4.74 Å². The van der Waals surface area contributed by atoms with Crippen LogP contribution in [0.5, 0.6) is 0 Å². The first-order chi connectivity index (χ1) is 14.6. The molecule has 156 valence electrons. The Morgan fingerprint density at radius 2 is 1.83 bits per heavy atom. The Morgan fingerprint density at radius 1 is 1.07 bits per heavy atom. The van der Waals surface area contributed by atoms with Gasteiger partial charge in [0, 0.05) is 25.3 Å². The highest BCUT2D eigenvalue weighted by atomic mass is 16.5. The molecule has 2 aromatic carbocycles. The molecule has 1 amide bonds. The van der Waals surface area contributed by atoms with Crippen LogP contribution < -0.4 is 5.32 Å². The summed E-state index contributed by atoms with van der Waals surface area (Å²) in [6.45, 7) is 7.73. The number of hydrogen-bond acceptors (Lipinski definition) is 4. The number of carbonyl (C=O) groups is 1. The van der Waals surface area contributed by atoms with Gasteiger partial charge in [-0.1, -0.05) is 48.0 Å². The summed E-state index contributed by atoms with van der Waals surface area (Å²) in [5.74, 6) is -0.154. The van der Waals surface area contributed by atoms with Crippen molar-refractivity contribution in [3.8, 4) is 5.69 Å². The Kier molecular flexibility index (Phi) is 6.26. The van der Waals surface area contributed by atoms with E-state index in [0.717, 1.165) is 37.7 Å². The van der Waals surface area contributed by atoms with E-state index in [9.17, 15) is 4.79 Å². The molecule has 1 aliphatic heterocycles. The molecule has 0 aliphatic carbocycles. The van der Waals surface area contributed by atoms with Crippen molar-refractivity contribution in [2.45, 2.75) is 19.9 Å². The largest absolute Gasteiger partial charge is 0.379 e. The first-order valence-corrected chi connectivity index (χ1v) is 10.4. The zero-order valence-corrected chi connectivity index (χ0v) is 17.5. The number of carbonyl (C=O) groups excluding carboxylic acids is 1. The second kappa shape index (κ2) is 9.24. The van der Waals surface area contributed by atoms with Gasteiger partial charge in [0.2, 0.25) is 0 Å². The van der Waals surface area contributed by atoms with Gasteiger partial charge in [-0.25, -0.2) is 4.68 Å². The Morgan fingerprint density at radius 3 is 2.57 bits per heavy atom. The predicted octanol–water partition coefficient (Wildman–Crippen LogP) is 3.29. The van der Waals surface area contributed by atoms with Gasteiger partial charge in [0.25, 0.3) is 5.91 Å². The first kappa shape index (κ1) is 20.3. The molecule has 1 unspecified atom stereocenters. The van der Waals surface area contributed by atoms with Crippen molar-refractivity contribution in [2.24, 2.45) is 0 Å². The van der Waals surface area contributed by atoms with Crippen molar-refractivity contribution in [3.63, 3.8) is 0 Å². The summed E-state index contributed by atoms with van der Waals surface area (Å²) >= 11 is 0. The molecule has 0 saturated carbocycles. The number of nitrogens with one attached hydrogen (secondary N) is 1. The fraction of sp³-hybridized carbons (Fsp3) is 0.333. The number of rotatable bonds is 6. The van der Waals surface area contributed by atoms with Crippen LogP contribution in [0.1, 0.15) is 33.4 Å². The third-order valence-corrected chi connectivity index (χ3v) is 5.49. The molecule has 1 aliphatic rings. The van der Waals surface area contributed by atoms with Crippen LogP contribution in [-0.4, -0.2) is 53.4 Å². The van der Waals surface area contributed by atoms with Crippen molar-refractivity contribution < 1.29 is 9.53 Å². The Balaban J connectivity index is 1.50. The molecule has 6 nitrogen and oxygen atoms in total. The second-order valence-electron chi connectivity index (χ2n) is 7.71. The molecule has 6 heteroatoms. The SMILES string of the molecule is Cc1cccc(C(CNC(=O)c2cc(C)n(-c3ccccc3)n2)N2CCOCC2)c1. The van der Waals surface area contributed by atoms with Crippen LogP contribution in [0.4, 0.5) is 0 Å². The van der Waals surface area contributed by atoms with E-state index in [0.29, 0.717) is 12.2 Å². The molecule has 1 fully saturated rings. The Hall–Kier alpha value is -2.96. The van der Waals surface area contributed by atoms with Gasteiger partial charge in [0.1, 0.15) is 0 Å². The van der Waals surface area contributed by atoms with E-state index in [1.54, 1.807) is 4.68 Å². The molecule has 1 N–H and O–H groups in total. The summed E-state index contributed by atoms with van der Waals surface area (Å²) in [5, 5.41) is 7.64. The van der Waals surface area contributed by atoms with Gasteiger partial charge in [0.05, 0.1) is 24.9 Å². The molecule has 0 bridgehead atoms. The van der Waals surface area contributed by atoms with E-state index in [1.165, 1.54) is 11.1 Å². The molecular weight excluding hydrogens is 376 g/mol. The number of para-hydroxylation sites is 1. The second-order valence-corrected chi connectivity index (χ2v) is 7.71. The summed E-state index contributed by atoms with van der Waals surface area (Å²) in [5.41, 5.74) is 4.73. The van der Waals surface area contributed by atoms with Crippen molar-refractivity contribution >= 4 is 5.91 Å². The number of amides is 1. The minimum Gasteiger partial charge on any atom is -0.379 e. The van der Waals surface area contributed by atoms with Crippen LogP contribution in [0.2, 0.25) is 0 Å². The maximum absolute atomic E-state index is 12.9. The van der Waals surface area contributed by atoms with Crippen molar-refractivity contribution in [1.82, 2.24) is 20.0 Å². The van der Waals surface area contributed by atoms with E-state index < -0.39 is 0 Å². The number of hydrogen-bond donors (Lipinski definition) is 1. The molecule has 4 rings (SSSR count). The third kappa shape index (κ3) is 4.61. The monoisotopic (exact) mass is 404 g/mol. The summed E-state index contributed by atoms with van der Waals surface area (Å²) in [4.78, 5) is 15.3. The van der Waals surface area contributed by atoms with E-state index in [1.807, 2.05) is 43.3 Å². The topological polar surface area (TPSA) is 59.4 Å². The van der Waals surface area contributed by atoms with Gasteiger partial charge in [0.15, 0.2) is 5.69 Å². The normalized spacial score (nSPS) is 15.7. The quantitative estimate of drug-likeness (QED) is 0.685. The molecular formula is C24H28N4O2. The first-order valence-electron chi connectivity index (χ1n) is 10.4. The highest BCUT2D eigenvalue weighted by Crippen LogP contribution is 2.22. The predicted molar refractivity (Wildman–Crippen MR) is 117 cm³/mol. The van der Waals surface area contributed by atoms with Gasteiger partial charge in [-0.05, 0) is 37.6 Å². The number of aryl methyl sites for hydroxylation is 2. The fourth-order valence-corrected chi connectivity index (χ4v) is 3.92. The van der Waals surface area contributed by atoms with Gasteiger partial charge in [-0.2, -0.15) is 5.10 Å². The lowest BCUT2D eigenvalue weighted by Gasteiger charge is -2.35. The van der Waals surface area contributed by atoms with Crippen LogP contribution in [0, 0.1) is 13.8 Å². The fourth-order valence-electron chi connectivity index (χ4n) is 3.92. The minimum atomic E-state index is -0.154. The molecule has 1 atom stereocenters. The van der Waals surface area contributed by atoms with E-state index >= 15 is 0 Å². The maximum atomic E-state index is 12.9. The van der Waals surface area contributed by atoms with Crippen LogP contribution in [0.25, 0.3) is 5.69 Å². The zero-order chi connectivity index (χ0) is 20.9. The Bertz CT molecular complexity index is 993. The van der Waals surface area contributed by atoms with E-state index in [2.05, 4.69) is 46.5 Å². The van der Waals surface area contributed by atoms with Crippen molar-refractivity contribution in [2.75, 3.05) is 32.8 Å². The van der Waals surface area contributed by atoms with E-state index in [-0.39, 0.29) is 11.9 Å². The number of aromatic nitrogens is 2. The Labute approximate surface area is 177 Å². The van der Waals surface area contributed by atoms with Crippen molar-refractivity contribution in [3.05, 3.63) is 83.2 Å². The summed E-state index contributed by atoms with van der Waals surface area (Å²) in [6, 6.07) is 20.3. The van der Waals surface area contributed by atoms with Crippen LogP contribution >= 0.6 is 0 Å². The highest BCUT2D eigenvalue weighted by Gasteiger charge is 2.24. The van der Waals surface area contributed by atoms with Gasteiger partial charge in [-0.3, -0.25) is 9.69 Å². The molecule has 1 saturated heterocycles. The average Bonchev–Trinajstić information content (AvgIpc) is 3.17. The molecule has 0 spiro atoms. The molecule has 0 radical (unpaired) electrons. The number of morpholine rings is 1. The molecule has 1 aromatic heterocycles.